The Morgan fingerprint density at radius 3 is 2.16 bits per heavy atom. The van der Waals surface area contributed by atoms with Gasteiger partial charge in [-0.25, -0.2) is 4.39 Å². The number of halogens is 1. The molecule has 0 saturated heterocycles. The quantitative estimate of drug-likeness (QED) is 0.251. The van der Waals surface area contributed by atoms with Gasteiger partial charge in [0, 0.05) is 22.6 Å². The molecule has 0 fully saturated rings. The predicted octanol–water partition coefficient (Wildman–Crippen LogP) is 6.11. The maximum atomic E-state index is 13.4. The van der Waals surface area contributed by atoms with Crippen LogP contribution in [0.25, 0.3) is 0 Å². The summed E-state index contributed by atoms with van der Waals surface area (Å²) in [7, 11) is 1.55. The lowest BCUT2D eigenvalue weighted by Gasteiger charge is -2.20. The number of methoxy groups -OCH3 is 1. The molecule has 37 heavy (non-hydrogen) atoms. The van der Waals surface area contributed by atoms with Gasteiger partial charge in [0.2, 0.25) is 5.91 Å². The summed E-state index contributed by atoms with van der Waals surface area (Å²) >= 11 is 1.67. The molecule has 2 N–H and O–H groups in total. The van der Waals surface area contributed by atoms with Crippen LogP contribution in [0.4, 0.5) is 10.1 Å². The number of amides is 2. The van der Waals surface area contributed by atoms with Crippen molar-refractivity contribution in [2.24, 2.45) is 0 Å². The van der Waals surface area contributed by atoms with Crippen LogP contribution in [0.2, 0.25) is 0 Å². The van der Waals surface area contributed by atoms with Gasteiger partial charge in [-0.15, -0.1) is 11.8 Å². The highest BCUT2D eigenvalue weighted by molar-refractivity contribution is 7.98. The first kappa shape index (κ1) is 26.0. The summed E-state index contributed by atoms with van der Waals surface area (Å²) in [5.41, 5.74) is 2.88. The van der Waals surface area contributed by atoms with Gasteiger partial charge in [-0.3, -0.25) is 9.59 Å². The van der Waals surface area contributed by atoms with Crippen molar-refractivity contribution in [2.75, 3.05) is 12.4 Å². The Morgan fingerprint density at radius 1 is 0.865 bits per heavy atom. The zero-order valence-corrected chi connectivity index (χ0v) is 21.1. The first-order valence-electron chi connectivity index (χ1n) is 11.8. The summed E-state index contributed by atoms with van der Waals surface area (Å²) < 4.78 is 18.8. The summed E-state index contributed by atoms with van der Waals surface area (Å²) in [4.78, 5) is 27.2. The molecule has 0 bridgehead atoms. The van der Waals surface area contributed by atoms with E-state index in [1.165, 1.54) is 29.8 Å². The smallest absolute Gasteiger partial charge is 0.251 e. The number of ether oxygens (including phenoxy) is 1. The molecule has 0 heterocycles. The molecule has 7 heteroatoms. The first-order chi connectivity index (χ1) is 18.0. The van der Waals surface area contributed by atoms with E-state index in [4.69, 9.17) is 4.74 Å². The number of thioether (sulfide) groups is 1. The minimum atomic E-state index is -0.864. The van der Waals surface area contributed by atoms with Gasteiger partial charge in [-0.2, -0.15) is 0 Å². The Morgan fingerprint density at radius 2 is 1.51 bits per heavy atom. The molecule has 0 aliphatic rings. The molecule has 0 spiro atoms. The normalized spacial score (nSPS) is 11.4. The zero-order valence-electron chi connectivity index (χ0n) is 20.3. The standard InChI is InChI=1S/C30H27FN2O3S/c1-36-28-19-25(37-20-22-10-6-3-7-11-22)16-17-26(28)32-30(35)27(18-21-8-4-2-5-9-21)33-29(34)23-12-14-24(31)15-13-23/h2-17,19,27H,18,20H2,1H3,(H,32,35)(H,33,34)/t27-/m0/s1. The second-order valence-electron chi connectivity index (χ2n) is 8.35. The monoisotopic (exact) mass is 514 g/mol. The van der Waals surface area contributed by atoms with Gasteiger partial charge in [-0.1, -0.05) is 60.7 Å². The molecule has 188 valence electrons. The molecule has 0 aromatic heterocycles. The van der Waals surface area contributed by atoms with Crippen molar-refractivity contribution in [2.45, 2.75) is 23.1 Å². The number of nitrogens with one attached hydrogen (secondary N) is 2. The van der Waals surface area contributed by atoms with E-state index < -0.39 is 17.8 Å². The van der Waals surface area contributed by atoms with Crippen LogP contribution in [-0.4, -0.2) is 25.0 Å². The van der Waals surface area contributed by atoms with Crippen LogP contribution in [0.1, 0.15) is 21.5 Å². The van der Waals surface area contributed by atoms with E-state index in [1.807, 2.05) is 60.7 Å². The Balaban J connectivity index is 1.49. The van der Waals surface area contributed by atoms with Gasteiger partial charge in [-0.05, 0) is 53.6 Å². The molecule has 0 unspecified atom stereocenters. The molecule has 4 aromatic carbocycles. The van der Waals surface area contributed by atoms with Gasteiger partial charge >= 0.3 is 0 Å². The van der Waals surface area contributed by atoms with Gasteiger partial charge < -0.3 is 15.4 Å². The summed E-state index contributed by atoms with van der Waals surface area (Å²) in [6, 6.07) is 29.5. The van der Waals surface area contributed by atoms with E-state index in [2.05, 4.69) is 22.8 Å². The molecule has 5 nitrogen and oxygen atoms in total. The van der Waals surface area contributed by atoms with E-state index in [0.29, 0.717) is 11.4 Å². The van der Waals surface area contributed by atoms with Crippen LogP contribution >= 0.6 is 11.8 Å². The summed E-state index contributed by atoms with van der Waals surface area (Å²) in [6.45, 7) is 0. The van der Waals surface area contributed by atoms with Crippen LogP contribution in [0.3, 0.4) is 0 Å². The maximum absolute atomic E-state index is 13.4. The summed E-state index contributed by atoms with van der Waals surface area (Å²) in [6.07, 6.45) is 0.285. The third-order valence-corrected chi connectivity index (χ3v) is 6.76. The number of carbonyl (C=O) groups is 2. The molecule has 0 saturated carbocycles. The fourth-order valence-electron chi connectivity index (χ4n) is 3.73. The van der Waals surface area contributed by atoms with Crippen LogP contribution in [0.5, 0.6) is 5.75 Å². The van der Waals surface area contributed by atoms with Crippen LogP contribution < -0.4 is 15.4 Å². The van der Waals surface area contributed by atoms with Crippen molar-refractivity contribution in [3.8, 4) is 5.75 Å². The number of hydrogen-bond donors (Lipinski definition) is 2. The average molecular weight is 515 g/mol. The highest BCUT2D eigenvalue weighted by Gasteiger charge is 2.23. The first-order valence-corrected chi connectivity index (χ1v) is 12.8. The van der Waals surface area contributed by atoms with Crippen LogP contribution in [0, 0.1) is 5.82 Å². The lowest BCUT2D eigenvalue weighted by Crippen LogP contribution is -2.45. The van der Waals surface area contributed by atoms with E-state index in [9.17, 15) is 14.0 Å². The third kappa shape index (κ3) is 7.44. The average Bonchev–Trinajstić information content (AvgIpc) is 2.93. The lowest BCUT2D eigenvalue weighted by molar-refractivity contribution is -0.118. The lowest BCUT2D eigenvalue weighted by atomic mass is 10.0. The van der Waals surface area contributed by atoms with E-state index in [0.717, 1.165) is 16.2 Å². The molecule has 0 aliphatic carbocycles. The van der Waals surface area contributed by atoms with Gasteiger partial charge in [0.25, 0.3) is 5.91 Å². The highest BCUT2D eigenvalue weighted by Crippen LogP contribution is 2.32. The number of rotatable bonds is 10. The zero-order chi connectivity index (χ0) is 26.0. The Labute approximate surface area is 220 Å². The Kier molecular flexibility index (Phi) is 8.94. The van der Waals surface area contributed by atoms with Gasteiger partial charge in [0.05, 0.1) is 12.8 Å². The number of benzene rings is 4. The third-order valence-electron chi connectivity index (χ3n) is 5.69. The number of hydrogen-bond acceptors (Lipinski definition) is 4. The second-order valence-corrected chi connectivity index (χ2v) is 9.40. The largest absolute Gasteiger partial charge is 0.495 e. The van der Waals surface area contributed by atoms with Crippen molar-refractivity contribution in [3.05, 3.63) is 126 Å². The highest BCUT2D eigenvalue weighted by atomic mass is 32.2. The van der Waals surface area contributed by atoms with Crippen molar-refractivity contribution < 1.29 is 18.7 Å². The minimum absolute atomic E-state index is 0.268. The Bertz CT molecular complexity index is 1330. The molecule has 4 aromatic rings. The Hall–Kier alpha value is -4.10. The molecule has 0 radical (unpaired) electrons. The number of anilines is 1. The molecular formula is C30H27FN2O3S. The number of carbonyl (C=O) groups excluding carboxylic acids is 2. The van der Waals surface area contributed by atoms with Crippen molar-refractivity contribution in [3.63, 3.8) is 0 Å². The maximum Gasteiger partial charge on any atom is 0.251 e. The molecule has 2 amide bonds. The van der Waals surface area contributed by atoms with Gasteiger partial charge in [0.15, 0.2) is 0 Å². The fraction of sp³-hybridized carbons (Fsp3) is 0.133. The van der Waals surface area contributed by atoms with Gasteiger partial charge in [0.1, 0.15) is 17.6 Å². The molecule has 0 aliphatic heterocycles. The minimum Gasteiger partial charge on any atom is -0.495 e. The van der Waals surface area contributed by atoms with E-state index in [1.54, 1.807) is 24.9 Å². The van der Waals surface area contributed by atoms with E-state index in [-0.39, 0.29) is 17.9 Å². The molecular weight excluding hydrogens is 487 g/mol. The SMILES string of the molecule is COc1cc(SCc2ccccc2)ccc1NC(=O)[C@H](Cc1ccccc1)NC(=O)c1ccc(F)cc1. The van der Waals surface area contributed by atoms with Crippen LogP contribution in [-0.2, 0) is 17.0 Å². The summed E-state index contributed by atoms with van der Waals surface area (Å²) in [5.74, 6) is 0.0462. The van der Waals surface area contributed by atoms with Crippen LogP contribution in [0.15, 0.2) is 108 Å². The molecule has 1 atom stereocenters. The fourth-order valence-corrected chi connectivity index (χ4v) is 4.61. The predicted molar refractivity (Wildman–Crippen MR) is 145 cm³/mol. The van der Waals surface area contributed by atoms with Crippen molar-refractivity contribution >= 4 is 29.3 Å². The second kappa shape index (κ2) is 12.7. The summed E-state index contributed by atoms with van der Waals surface area (Å²) in [5, 5.41) is 5.69. The van der Waals surface area contributed by atoms with Crippen molar-refractivity contribution in [1.82, 2.24) is 5.32 Å². The van der Waals surface area contributed by atoms with E-state index >= 15 is 0 Å². The van der Waals surface area contributed by atoms with Crippen molar-refractivity contribution in [1.29, 1.82) is 0 Å². The molecule has 4 rings (SSSR count). The topological polar surface area (TPSA) is 67.4 Å².